The van der Waals surface area contributed by atoms with Crippen LogP contribution in [0.5, 0.6) is 0 Å². The van der Waals surface area contributed by atoms with Crippen molar-refractivity contribution in [1.29, 1.82) is 0 Å². The van der Waals surface area contributed by atoms with Crippen LogP contribution in [0.2, 0.25) is 0 Å². The van der Waals surface area contributed by atoms with E-state index in [-0.39, 0.29) is 17.9 Å². The minimum absolute atomic E-state index is 0.0198. The normalized spacial score (nSPS) is 14.2. The zero-order chi connectivity index (χ0) is 28.8. The number of aromatic nitrogens is 1. The van der Waals surface area contributed by atoms with Gasteiger partial charge in [-0.15, -0.1) is 11.6 Å². The average Bonchev–Trinajstić information content (AvgIpc) is 3.02. The standard InChI is InChI=1S/C34H35ClN4O2/c1-3-39(4-2)27-15-16-31(38-33(40)25-12-7-9-23(19-25)22-35)29(21-27)32-20-26(17-18-36-32)34(41)37-30-14-8-11-24-10-5-6-13-28(24)30/h5-7,9-10,12-13,15-21,30H,3-4,8,11,14,22H2,1-2H3,(H,37,41)(H,38,40)/t30-/m0/s1. The lowest BCUT2D eigenvalue weighted by atomic mass is 9.87. The van der Waals surface area contributed by atoms with E-state index in [1.165, 1.54) is 11.1 Å². The molecule has 210 valence electrons. The van der Waals surface area contributed by atoms with Crippen LogP contribution in [0, 0.1) is 0 Å². The molecular weight excluding hydrogens is 532 g/mol. The lowest BCUT2D eigenvalue weighted by molar-refractivity contribution is 0.0932. The van der Waals surface area contributed by atoms with E-state index in [4.69, 9.17) is 11.6 Å². The summed E-state index contributed by atoms with van der Waals surface area (Å²) in [5.74, 6) is -0.0479. The fourth-order valence-corrected chi connectivity index (χ4v) is 5.66. The van der Waals surface area contributed by atoms with Gasteiger partial charge >= 0.3 is 0 Å². The summed E-state index contributed by atoms with van der Waals surface area (Å²) in [6, 6.07) is 25.0. The number of pyridine rings is 1. The molecule has 0 saturated heterocycles. The van der Waals surface area contributed by atoms with E-state index in [2.05, 4.69) is 52.6 Å². The monoisotopic (exact) mass is 566 g/mol. The third-order valence-corrected chi connectivity index (χ3v) is 8.00. The van der Waals surface area contributed by atoms with Gasteiger partial charge in [-0.3, -0.25) is 14.6 Å². The Hall–Kier alpha value is -4.16. The number of amides is 2. The maximum atomic E-state index is 13.5. The van der Waals surface area contributed by atoms with Crippen LogP contribution in [-0.4, -0.2) is 29.9 Å². The Kier molecular flexibility index (Phi) is 9.00. The third-order valence-electron chi connectivity index (χ3n) is 7.70. The van der Waals surface area contributed by atoms with Crippen LogP contribution in [0.4, 0.5) is 11.4 Å². The van der Waals surface area contributed by atoms with Crippen molar-refractivity contribution in [3.63, 3.8) is 0 Å². The molecule has 0 bridgehead atoms. The van der Waals surface area contributed by atoms with Crippen molar-refractivity contribution < 1.29 is 9.59 Å². The fraction of sp³-hybridized carbons (Fsp3) is 0.265. The van der Waals surface area contributed by atoms with E-state index in [1.54, 1.807) is 30.5 Å². The molecule has 0 radical (unpaired) electrons. The highest BCUT2D eigenvalue weighted by Crippen LogP contribution is 2.33. The molecule has 0 unspecified atom stereocenters. The molecule has 5 rings (SSSR count). The Labute approximate surface area is 246 Å². The molecule has 41 heavy (non-hydrogen) atoms. The van der Waals surface area contributed by atoms with Crippen molar-refractivity contribution in [3.05, 3.63) is 113 Å². The summed E-state index contributed by atoms with van der Waals surface area (Å²) in [7, 11) is 0. The summed E-state index contributed by atoms with van der Waals surface area (Å²) in [4.78, 5) is 33.6. The van der Waals surface area contributed by atoms with Crippen LogP contribution < -0.4 is 15.5 Å². The zero-order valence-electron chi connectivity index (χ0n) is 23.5. The lowest BCUT2D eigenvalue weighted by Crippen LogP contribution is -2.31. The van der Waals surface area contributed by atoms with E-state index in [0.29, 0.717) is 28.4 Å². The first-order valence-electron chi connectivity index (χ1n) is 14.2. The molecule has 0 fully saturated rings. The number of rotatable bonds is 9. The van der Waals surface area contributed by atoms with Gasteiger partial charge in [0.1, 0.15) is 0 Å². The molecule has 0 spiro atoms. The molecule has 7 heteroatoms. The fourth-order valence-electron chi connectivity index (χ4n) is 5.49. The molecule has 2 N–H and O–H groups in total. The van der Waals surface area contributed by atoms with Gasteiger partial charge in [-0.2, -0.15) is 0 Å². The maximum Gasteiger partial charge on any atom is 0.255 e. The molecule has 1 heterocycles. The Morgan fingerprint density at radius 3 is 2.54 bits per heavy atom. The van der Waals surface area contributed by atoms with Gasteiger partial charge < -0.3 is 15.5 Å². The Morgan fingerprint density at radius 2 is 1.73 bits per heavy atom. The summed E-state index contributed by atoms with van der Waals surface area (Å²) in [6.45, 7) is 5.89. The van der Waals surface area contributed by atoms with Gasteiger partial charge in [-0.1, -0.05) is 36.4 Å². The number of alkyl halides is 1. The highest BCUT2D eigenvalue weighted by atomic mass is 35.5. The van der Waals surface area contributed by atoms with Gasteiger partial charge in [-0.05, 0) is 92.3 Å². The minimum Gasteiger partial charge on any atom is -0.372 e. The van der Waals surface area contributed by atoms with E-state index >= 15 is 0 Å². The number of carbonyl (C=O) groups is 2. The second-order valence-corrected chi connectivity index (χ2v) is 10.5. The van der Waals surface area contributed by atoms with Crippen molar-refractivity contribution in [3.8, 4) is 11.3 Å². The SMILES string of the molecule is CCN(CC)c1ccc(NC(=O)c2cccc(CCl)c2)c(-c2cc(C(=O)N[C@H]3CCCc4ccccc43)ccn2)c1. The van der Waals surface area contributed by atoms with Crippen LogP contribution >= 0.6 is 11.6 Å². The molecule has 6 nitrogen and oxygen atoms in total. The van der Waals surface area contributed by atoms with E-state index in [9.17, 15) is 9.59 Å². The Balaban J connectivity index is 1.46. The predicted octanol–water partition coefficient (Wildman–Crippen LogP) is 7.39. The number of aryl methyl sites for hydroxylation is 1. The number of carbonyl (C=O) groups excluding carboxylic acids is 2. The first-order valence-corrected chi connectivity index (χ1v) is 14.7. The average molecular weight is 567 g/mol. The molecule has 1 aliphatic rings. The summed E-state index contributed by atoms with van der Waals surface area (Å²) >= 11 is 5.99. The van der Waals surface area contributed by atoms with Gasteiger partial charge in [0, 0.05) is 47.5 Å². The van der Waals surface area contributed by atoms with Crippen LogP contribution in [0.15, 0.2) is 85.1 Å². The summed E-state index contributed by atoms with van der Waals surface area (Å²) in [5, 5.41) is 6.30. The number of nitrogens with zero attached hydrogens (tertiary/aromatic N) is 2. The zero-order valence-corrected chi connectivity index (χ0v) is 24.2. The van der Waals surface area contributed by atoms with Crippen molar-refractivity contribution in [2.75, 3.05) is 23.3 Å². The lowest BCUT2D eigenvalue weighted by Gasteiger charge is -2.26. The highest BCUT2D eigenvalue weighted by Gasteiger charge is 2.22. The summed E-state index contributed by atoms with van der Waals surface area (Å²) in [6.07, 6.45) is 4.64. The second kappa shape index (κ2) is 13.0. The Morgan fingerprint density at radius 1 is 0.927 bits per heavy atom. The van der Waals surface area contributed by atoms with Gasteiger partial charge in [0.25, 0.3) is 11.8 Å². The number of halogens is 1. The van der Waals surface area contributed by atoms with E-state index < -0.39 is 0 Å². The number of hydrogen-bond donors (Lipinski definition) is 2. The van der Waals surface area contributed by atoms with Crippen LogP contribution in [0.25, 0.3) is 11.3 Å². The third kappa shape index (κ3) is 6.44. The number of fused-ring (bicyclic) bond motifs is 1. The maximum absolute atomic E-state index is 13.5. The van der Waals surface area contributed by atoms with Crippen LogP contribution in [0.1, 0.15) is 70.1 Å². The van der Waals surface area contributed by atoms with Crippen molar-refractivity contribution in [2.45, 2.75) is 45.0 Å². The predicted molar refractivity (Wildman–Crippen MR) is 167 cm³/mol. The van der Waals surface area contributed by atoms with Gasteiger partial charge in [-0.25, -0.2) is 0 Å². The Bertz CT molecular complexity index is 1550. The molecule has 0 saturated carbocycles. The molecule has 2 amide bonds. The smallest absolute Gasteiger partial charge is 0.255 e. The second-order valence-electron chi connectivity index (χ2n) is 10.2. The van der Waals surface area contributed by atoms with E-state index in [0.717, 1.165) is 49.2 Å². The molecule has 4 aromatic rings. The molecular formula is C34H35ClN4O2. The highest BCUT2D eigenvalue weighted by molar-refractivity contribution is 6.17. The molecule has 1 aliphatic carbocycles. The van der Waals surface area contributed by atoms with Gasteiger partial charge in [0.15, 0.2) is 0 Å². The quantitative estimate of drug-likeness (QED) is 0.207. The largest absolute Gasteiger partial charge is 0.372 e. The number of anilines is 2. The molecule has 3 aromatic carbocycles. The van der Waals surface area contributed by atoms with Gasteiger partial charge in [0.05, 0.1) is 17.4 Å². The van der Waals surface area contributed by atoms with Crippen LogP contribution in [-0.2, 0) is 12.3 Å². The minimum atomic E-state index is -0.237. The molecule has 0 aliphatic heterocycles. The molecule has 1 aromatic heterocycles. The van der Waals surface area contributed by atoms with E-state index in [1.807, 2.05) is 36.4 Å². The molecule has 1 atom stereocenters. The number of benzene rings is 3. The van der Waals surface area contributed by atoms with Crippen molar-refractivity contribution in [1.82, 2.24) is 10.3 Å². The van der Waals surface area contributed by atoms with Gasteiger partial charge in [0.2, 0.25) is 0 Å². The van der Waals surface area contributed by atoms with Crippen LogP contribution in [0.3, 0.4) is 0 Å². The summed E-state index contributed by atoms with van der Waals surface area (Å²) in [5.41, 5.74) is 7.40. The number of hydrogen-bond acceptors (Lipinski definition) is 4. The van der Waals surface area contributed by atoms with Crippen molar-refractivity contribution in [2.24, 2.45) is 0 Å². The van der Waals surface area contributed by atoms with Crippen molar-refractivity contribution >= 4 is 34.8 Å². The number of nitrogens with one attached hydrogen (secondary N) is 2. The topological polar surface area (TPSA) is 74.3 Å². The first kappa shape index (κ1) is 28.4. The first-order chi connectivity index (χ1) is 20.0. The summed E-state index contributed by atoms with van der Waals surface area (Å²) < 4.78 is 0.